The van der Waals surface area contributed by atoms with Crippen LogP contribution in [0.1, 0.15) is 5.56 Å². The first-order valence-electron chi connectivity index (χ1n) is 6.92. The Bertz CT molecular complexity index is 784. The maximum absolute atomic E-state index is 13.1. The fraction of sp³-hybridized carbons (Fsp3) is 0. The molecule has 108 valence electrons. The summed E-state index contributed by atoms with van der Waals surface area (Å²) < 4.78 is 18.9. The number of aliphatic imine (C=N–C) groups is 1. The molecule has 3 heteroatoms. The molecule has 22 heavy (non-hydrogen) atoms. The zero-order chi connectivity index (χ0) is 15.2. The second kappa shape index (κ2) is 6.68. The highest BCUT2D eigenvalue weighted by Crippen LogP contribution is 2.21. The van der Waals surface area contributed by atoms with Gasteiger partial charge in [-0.25, -0.2) is 4.39 Å². The zero-order valence-corrected chi connectivity index (χ0v) is 11.8. The van der Waals surface area contributed by atoms with Crippen molar-refractivity contribution in [2.45, 2.75) is 0 Å². The van der Waals surface area contributed by atoms with Crippen LogP contribution in [0.4, 0.5) is 10.1 Å². The summed E-state index contributed by atoms with van der Waals surface area (Å²) in [5.41, 5.74) is 1.46. The van der Waals surface area contributed by atoms with Crippen molar-refractivity contribution in [3.8, 4) is 11.5 Å². The van der Waals surface area contributed by atoms with Crippen LogP contribution in [0.2, 0.25) is 0 Å². The summed E-state index contributed by atoms with van der Waals surface area (Å²) in [6, 6.07) is 23.3. The van der Waals surface area contributed by atoms with E-state index in [2.05, 4.69) is 4.99 Å². The predicted octanol–water partition coefficient (Wildman–Crippen LogP) is 5.37. The van der Waals surface area contributed by atoms with Crippen LogP contribution in [0.15, 0.2) is 83.9 Å². The second-order valence-corrected chi connectivity index (χ2v) is 4.73. The van der Waals surface area contributed by atoms with E-state index >= 15 is 0 Å². The highest BCUT2D eigenvalue weighted by atomic mass is 19.1. The van der Waals surface area contributed by atoms with Crippen molar-refractivity contribution in [3.05, 3.63) is 90.2 Å². The predicted molar refractivity (Wildman–Crippen MR) is 86.6 cm³/mol. The summed E-state index contributed by atoms with van der Waals surface area (Å²) in [6.45, 7) is 0. The Labute approximate surface area is 128 Å². The van der Waals surface area contributed by atoms with E-state index in [9.17, 15) is 4.39 Å². The third-order valence-corrected chi connectivity index (χ3v) is 3.01. The van der Waals surface area contributed by atoms with Crippen molar-refractivity contribution in [3.63, 3.8) is 0 Å². The summed E-state index contributed by atoms with van der Waals surface area (Å²) >= 11 is 0. The molecule has 0 spiro atoms. The molecule has 0 unspecified atom stereocenters. The zero-order valence-electron chi connectivity index (χ0n) is 11.8. The van der Waals surface area contributed by atoms with Crippen LogP contribution >= 0.6 is 0 Å². The van der Waals surface area contributed by atoms with Crippen LogP contribution < -0.4 is 4.74 Å². The van der Waals surface area contributed by atoms with Crippen molar-refractivity contribution >= 4 is 11.9 Å². The molecule has 3 aromatic carbocycles. The topological polar surface area (TPSA) is 21.6 Å². The molecule has 2 nitrogen and oxygen atoms in total. The van der Waals surface area contributed by atoms with Gasteiger partial charge < -0.3 is 4.74 Å². The van der Waals surface area contributed by atoms with E-state index in [0.717, 1.165) is 17.1 Å². The number of hydrogen-bond donors (Lipinski definition) is 0. The molecule has 0 atom stereocenters. The molecule has 3 rings (SSSR count). The quantitative estimate of drug-likeness (QED) is 0.592. The highest BCUT2D eigenvalue weighted by Gasteiger charge is 1.98. The van der Waals surface area contributed by atoms with E-state index in [0.29, 0.717) is 5.69 Å². The van der Waals surface area contributed by atoms with Gasteiger partial charge in [0.05, 0.1) is 5.69 Å². The molecule has 3 aromatic rings. The van der Waals surface area contributed by atoms with Gasteiger partial charge in [-0.3, -0.25) is 4.99 Å². The number of hydrogen-bond acceptors (Lipinski definition) is 2. The number of ether oxygens (including phenoxy) is 1. The molecule has 0 radical (unpaired) electrons. The Morgan fingerprint density at radius 2 is 1.55 bits per heavy atom. The molecule has 0 fully saturated rings. The molecule has 0 N–H and O–H groups in total. The summed E-state index contributed by atoms with van der Waals surface area (Å²) in [4.78, 5) is 4.26. The Hall–Kier alpha value is -2.94. The van der Waals surface area contributed by atoms with Gasteiger partial charge in [0, 0.05) is 6.21 Å². The number of halogens is 1. The normalized spacial score (nSPS) is 10.8. The van der Waals surface area contributed by atoms with Crippen molar-refractivity contribution < 1.29 is 9.13 Å². The van der Waals surface area contributed by atoms with Crippen molar-refractivity contribution in [2.24, 2.45) is 4.99 Å². The fourth-order valence-corrected chi connectivity index (χ4v) is 1.99. The van der Waals surface area contributed by atoms with Gasteiger partial charge in [0.25, 0.3) is 0 Å². The molecule has 0 aliphatic rings. The smallest absolute Gasteiger partial charge is 0.128 e. The van der Waals surface area contributed by atoms with Gasteiger partial charge >= 0.3 is 0 Å². The van der Waals surface area contributed by atoms with E-state index in [1.54, 1.807) is 18.3 Å². The maximum Gasteiger partial charge on any atom is 0.128 e. The summed E-state index contributed by atoms with van der Waals surface area (Å²) in [5, 5.41) is 0. The van der Waals surface area contributed by atoms with Gasteiger partial charge in [0.2, 0.25) is 0 Å². The first-order valence-corrected chi connectivity index (χ1v) is 6.92. The molecule has 0 aliphatic heterocycles. The van der Waals surface area contributed by atoms with Gasteiger partial charge in [0.15, 0.2) is 0 Å². The van der Waals surface area contributed by atoms with E-state index in [-0.39, 0.29) is 5.82 Å². The molecular weight excluding hydrogens is 277 g/mol. The van der Waals surface area contributed by atoms with Gasteiger partial charge in [-0.2, -0.15) is 0 Å². The third kappa shape index (κ3) is 3.79. The van der Waals surface area contributed by atoms with Gasteiger partial charge in [-0.05, 0) is 48.0 Å². The van der Waals surface area contributed by atoms with Crippen LogP contribution in [0, 0.1) is 5.82 Å². The molecule has 0 heterocycles. The van der Waals surface area contributed by atoms with Crippen LogP contribution in [0.3, 0.4) is 0 Å². The number of benzene rings is 3. The summed E-state index contributed by atoms with van der Waals surface area (Å²) in [6.07, 6.45) is 1.69. The lowest BCUT2D eigenvalue weighted by atomic mass is 10.2. The number of nitrogens with zero attached hydrogens (tertiary/aromatic N) is 1. The lowest BCUT2D eigenvalue weighted by molar-refractivity contribution is 0.482. The molecule has 0 aliphatic carbocycles. The second-order valence-electron chi connectivity index (χ2n) is 4.73. The molecule has 0 saturated carbocycles. The molecule has 0 saturated heterocycles. The van der Waals surface area contributed by atoms with E-state index in [1.165, 1.54) is 12.1 Å². The molecule has 0 aromatic heterocycles. The molecular formula is C19H14FNO. The maximum atomic E-state index is 13.1. The highest BCUT2D eigenvalue weighted by molar-refractivity contribution is 5.82. The SMILES string of the molecule is Fc1cccc(N=Cc2cccc(Oc3ccccc3)c2)c1. The van der Waals surface area contributed by atoms with Gasteiger partial charge in [-0.1, -0.05) is 36.4 Å². The average Bonchev–Trinajstić information content (AvgIpc) is 2.54. The van der Waals surface area contributed by atoms with E-state index in [1.807, 2.05) is 54.6 Å². The lowest BCUT2D eigenvalue weighted by Crippen LogP contribution is -1.86. The fourth-order valence-electron chi connectivity index (χ4n) is 1.99. The Morgan fingerprint density at radius 1 is 0.773 bits per heavy atom. The number of rotatable bonds is 4. The van der Waals surface area contributed by atoms with Crippen molar-refractivity contribution in [1.82, 2.24) is 0 Å². The summed E-state index contributed by atoms with van der Waals surface area (Å²) in [7, 11) is 0. The minimum atomic E-state index is -0.296. The minimum absolute atomic E-state index is 0.296. The largest absolute Gasteiger partial charge is 0.457 e. The molecule has 0 bridgehead atoms. The Balaban J connectivity index is 1.76. The average molecular weight is 291 g/mol. The third-order valence-electron chi connectivity index (χ3n) is 3.01. The first-order chi connectivity index (χ1) is 10.8. The lowest BCUT2D eigenvalue weighted by Gasteiger charge is -2.05. The summed E-state index contributed by atoms with van der Waals surface area (Å²) in [5.74, 6) is 1.21. The van der Waals surface area contributed by atoms with Crippen molar-refractivity contribution in [2.75, 3.05) is 0 Å². The number of para-hydroxylation sites is 1. The van der Waals surface area contributed by atoms with Crippen LogP contribution in [0.25, 0.3) is 0 Å². The monoisotopic (exact) mass is 291 g/mol. The van der Waals surface area contributed by atoms with Crippen LogP contribution in [-0.2, 0) is 0 Å². The minimum Gasteiger partial charge on any atom is -0.457 e. The van der Waals surface area contributed by atoms with Crippen LogP contribution in [0.5, 0.6) is 11.5 Å². The van der Waals surface area contributed by atoms with Crippen molar-refractivity contribution in [1.29, 1.82) is 0 Å². The Kier molecular flexibility index (Phi) is 4.25. The van der Waals surface area contributed by atoms with Gasteiger partial charge in [0.1, 0.15) is 17.3 Å². The Morgan fingerprint density at radius 3 is 2.36 bits per heavy atom. The van der Waals surface area contributed by atoms with Gasteiger partial charge in [-0.15, -0.1) is 0 Å². The van der Waals surface area contributed by atoms with E-state index in [4.69, 9.17) is 4.74 Å². The standard InChI is InChI=1S/C19H14FNO/c20-16-7-5-8-17(13-16)21-14-15-6-4-11-19(12-15)22-18-9-2-1-3-10-18/h1-14H. The van der Waals surface area contributed by atoms with E-state index < -0.39 is 0 Å². The first kappa shape index (κ1) is 14.0. The molecule has 0 amide bonds. The van der Waals surface area contributed by atoms with Crippen LogP contribution in [-0.4, -0.2) is 6.21 Å².